The minimum absolute atomic E-state index is 0.0815. The van der Waals surface area contributed by atoms with Crippen molar-refractivity contribution in [2.45, 2.75) is 60.3 Å². The van der Waals surface area contributed by atoms with E-state index in [0.717, 1.165) is 16.9 Å². The monoisotopic (exact) mass is 423 g/mol. The zero-order chi connectivity index (χ0) is 19.5. The number of fused-ring (bicyclic) bond motifs is 2. The number of hydrogen-bond donors (Lipinski definition) is 1. The molecule has 4 heteroatoms. The van der Waals surface area contributed by atoms with Gasteiger partial charge in [0, 0.05) is 33.2 Å². The second-order valence-corrected chi connectivity index (χ2v) is 11.1. The van der Waals surface area contributed by atoms with Crippen LogP contribution in [0, 0.1) is 23.7 Å². The van der Waals surface area contributed by atoms with Gasteiger partial charge in [-0.15, -0.1) is 0 Å². The lowest BCUT2D eigenvalue weighted by Crippen LogP contribution is -2.55. The predicted octanol–water partition coefficient (Wildman–Crippen LogP) is 6.27. The predicted molar refractivity (Wildman–Crippen MR) is 117 cm³/mol. The van der Waals surface area contributed by atoms with E-state index in [1.54, 1.807) is 11.8 Å². The summed E-state index contributed by atoms with van der Waals surface area (Å²) in [5.41, 5.74) is 2.45. The Labute approximate surface area is 181 Å². The van der Waals surface area contributed by atoms with Gasteiger partial charge >= 0.3 is 0 Å². The molecule has 0 unspecified atom stereocenters. The fourth-order valence-corrected chi connectivity index (χ4v) is 8.19. The normalized spacial score (nSPS) is 33.8. The Kier molecular flexibility index (Phi) is 4.46. The number of benzene rings is 2. The first-order valence-electron chi connectivity index (χ1n) is 11.0. The molecule has 0 aromatic heterocycles. The van der Waals surface area contributed by atoms with Crippen molar-refractivity contribution in [3.8, 4) is 0 Å². The van der Waals surface area contributed by atoms with Crippen LogP contribution in [0.25, 0.3) is 0 Å². The average molecular weight is 424 g/mol. The molecule has 4 saturated carbocycles. The molecule has 5 aliphatic rings. The zero-order valence-electron chi connectivity index (χ0n) is 16.4. The van der Waals surface area contributed by atoms with Gasteiger partial charge in [-0.25, -0.2) is 0 Å². The number of carbonyl (C=O) groups excluding carboxylic acids is 1. The van der Waals surface area contributed by atoms with E-state index in [4.69, 9.17) is 11.6 Å². The van der Waals surface area contributed by atoms with E-state index in [-0.39, 0.29) is 11.8 Å². The second kappa shape index (κ2) is 7.06. The summed E-state index contributed by atoms with van der Waals surface area (Å²) in [6, 6.07) is 15.0. The quantitative estimate of drug-likeness (QED) is 0.630. The highest BCUT2D eigenvalue weighted by Crippen LogP contribution is 2.54. The molecule has 4 fully saturated rings. The summed E-state index contributed by atoms with van der Waals surface area (Å²) in [5.74, 6) is 3.58. The maximum Gasteiger partial charge on any atom is 0.221 e. The number of hydrogen-bond acceptors (Lipinski definition) is 2. The molecule has 1 aliphatic heterocycles. The Morgan fingerprint density at radius 3 is 2.38 bits per heavy atom. The lowest BCUT2D eigenvalue weighted by atomic mass is 9.54. The van der Waals surface area contributed by atoms with Crippen molar-refractivity contribution in [3.63, 3.8) is 0 Å². The van der Waals surface area contributed by atoms with Crippen molar-refractivity contribution in [2.75, 3.05) is 0 Å². The van der Waals surface area contributed by atoms with Crippen LogP contribution in [-0.4, -0.2) is 11.9 Å². The Morgan fingerprint density at radius 1 is 0.931 bits per heavy atom. The molecule has 29 heavy (non-hydrogen) atoms. The van der Waals surface area contributed by atoms with Crippen molar-refractivity contribution in [1.29, 1.82) is 0 Å². The van der Waals surface area contributed by atoms with Crippen LogP contribution in [0.4, 0.5) is 0 Å². The molecule has 4 aliphatic carbocycles. The summed E-state index contributed by atoms with van der Waals surface area (Å²) in [7, 11) is 0. The molecule has 1 N–H and O–H groups in total. The van der Waals surface area contributed by atoms with Gasteiger partial charge in [-0.2, -0.15) is 0 Å². The first kappa shape index (κ1) is 18.3. The van der Waals surface area contributed by atoms with Gasteiger partial charge in [0.1, 0.15) is 0 Å². The summed E-state index contributed by atoms with van der Waals surface area (Å²) in [6.45, 7) is 0. The minimum Gasteiger partial charge on any atom is -0.353 e. The Hall–Kier alpha value is -1.45. The molecule has 0 saturated heterocycles. The minimum atomic E-state index is 0.0815. The number of rotatable bonds is 3. The van der Waals surface area contributed by atoms with Crippen LogP contribution in [0.3, 0.4) is 0 Å². The third-order valence-corrected chi connectivity index (χ3v) is 9.22. The van der Waals surface area contributed by atoms with E-state index in [9.17, 15) is 4.79 Å². The van der Waals surface area contributed by atoms with E-state index in [1.165, 1.54) is 53.0 Å². The van der Waals surface area contributed by atoms with Crippen LogP contribution < -0.4 is 5.32 Å². The van der Waals surface area contributed by atoms with Crippen molar-refractivity contribution < 1.29 is 4.79 Å². The molecular weight excluding hydrogens is 398 g/mol. The van der Waals surface area contributed by atoms with Crippen molar-refractivity contribution in [3.05, 3.63) is 58.6 Å². The summed E-state index contributed by atoms with van der Waals surface area (Å²) in [5, 5.41) is 4.25. The van der Waals surface area contributed by atoms with E-state index in [1.807, 2.05) is 6.07 Å². The molecule has 2 aromatic rings. The third-order valence-electron chi connectivity index (χ3n) is 7.81. The summed E-state index contributed by atoms with van der Waals surface area (Å²) in [4.78, 5) is 15.7. The largest absolute Gasteiger partial charge is 0.353 e. The Bertz CT molecular complexity index is 945. The van der Waals surface area contributed by atoms with E-state index < -0.39 is 0 Å². The SMILES string of the molecule is O=C(C[C@H]1c2ccccc2Sc2ccc(Cl)cc21)NC1C2CC3CC(C2)CC1C3. The molecule has 4 bridgehead atoms. The van der Waals surface area contributed by atoms with Crippen LogP contribution in [0.1, 0.15) is 55.6 Å². The van der Waals surface area contributed by atoms with Gasteiger partial charge in [0.15, 0.2) is 0 Å². The topological polar surface area (TPSA) is 29.1 Å². The highest BCUT2D eigenvalue weighted by atomic mass is 35.5. The summed E-state index contributed by atoms with van der Waals surface area (Å²) >= 11 is 8.12. The lowest BCUT2D eigenvalue weighted by Gasteiger charge is -2.54. The molecule has 1 atom stereocenters. The molecule has 0 radical (unpaired) electrons. The average Bonchev–Trinajstić information content (AvgIpc) is 2.70. The maximum atomic E-state index is 13.3. The highest BCUT2D eigenvalue weighted by Gasteiger charge is 2.48. The lowest BCUT2D eigenvalue weighted by molar-refractivity contribution is -0.125. The maximum absolute atomic E-state index is 13.3. The molecule has 2 aromatic carbocycles. The van der Waals surface area contributed by atoms with Gasteiger partial charge in [-0.05, 0) is 91.2 Å². The summed E-state index contributed by atoms with van der Waals surface area (Å²) < 4.78 is 0. The Morgan fingerprint density at radius 2 is 1.62 bits per heavy atom. The van der Waals surface area contributed by atoms with Gasteiger partial charge in [0.05, 0.1) is 0 Å². The van der Waals surface area contributed by atoms with Crippen LogP contribution in [0.2, 0.25) is 5.02 Å². The van der Waals surface area contributed by atoms with Crippen LogP contribution >= 0.6 is 23.4 Å². The summed E-state index contributed by atoms with van der Waals surface area (Å²) in [6.07, 6.45) is 7.28. The van der Waals surface area contributed by atoms with Gasteiger partial charge in [-0.3, -0.25) is 4.79 Å². The van der Waals surface area contributed by atoms with Gasteiger partial charge in [0.2, 0.25) is 5.91 Å². The van der Waals surface area contributed by atoms with Crippen molar-refractivity contribution >= 4 is 29.3 Å². The van der Waals surface area contributed by atoms with Gasteiger partial charge in [0.25, 0.3) is 0 Å². The molecule has 7 rings (SSSR count). The fourth-order valence-electron chi connectivity index (χ4n) is 6.84. The smallest absolute Gasteiger partial charge is 0.221 e. The number of nitrogens with one attached hydrogen (secondary N) is 1. The van der Waals surface area contributed by atoms with E-state index in [2.05, 4.69) is 41.7 Å². The molecule has 150 valence electrons. The molecule has 1 amide bonds. The number of halogens is 1. The van der Waals surface area contributed by atoms with Crippen molar-refractivity contribution in [1.82, 2.24) is 5.32 Å². The zero-order valence-corrected chi connectivity index (χ0v) is 18.0. The first-order chi connectivity index (χ1) is 14.1. The van der Waals surface area contributed by atoms with Crippen molar-refractivity contribution in [2.24, 2.45) is 23.7 Å². The van der Waals surface area contributed by atoms with Gasteiger partial charge < -0.3 is 5.32 Å². The van der Waals surface area contributed by atoms with Gasteiger partial charge in [-0.1, -0.05) is 41.6 Å². The molecule has 0 spiro atoms. The van der Waals surface area contributed by atoms with Crippen LogP contribution in [0.15, 0.2) is 52.3 Å². The van der Waals surface area contributed by atoms with Crippen LogP contribution in [-0.2, 0) is 4.79 Å². The second-order valence-electron chi connectivity index (χ2n) is 9.60. The van der Waals surface area contributed by atoms with Crippen LogP contribution in [0.5, 0.6) is 0 Å². The van der Waals surface area contributed by atoms with E-state index in [0.29, 0.717) is 24.3 Å². The third kappa shape index (κ3) is 3.21. The Balaban J connectivity index is 1.26. The highest BCUT2D eigenvalue weighted by molar-refractivity contribution is 7.99. The standard InChI is InChI=1S/C25H26ClNOS/c26-18-5-6-23-21(12-18)20(19-3-1-2-4-22(19)29-23)13-24(28)27-25-16-8-14-7-15(10-16)11-17(25)9-14/h1-6,12,14-17,20,25H,7-11,13H2,(H,27,28)/t14?,15?,16?,17?,20-,25?/m0/s1. The molecular formula is C25H26ClNOS. The number of amides is 1. The molecule has 1 heterocycles. The van der Waals surface area contributed by atoms with E-state index >= 15 is 0 Å². The fraction of sp³-hybridized carbons (Fsp3) is 0.480. The molecule has 2 nitrogen and oxygen atoms in total. The first-order valence-corrected chi connectivity index (χ1v) is 12.2. The number of carbonyl (C=O) groups is 1.